The third kappa shape index (κ3) is 2.78. The molecule has 0 unspecified atom stereocenters. The van der Waals surface area contributed by atoms with Gasteiger partial charge in [-0.25, -0.2) is 0 Å². The van der Waals surface area contributed by atoms with Crippen molar-refractivity contribution in [1.29, 1.82) is 0 Å². The Morgan fingerprint density at radius 1 is 0.885 bits per heavy atom. The Balaban J connectivity index is 1.73. The smallest absolute Gasteiger partial charge is 0.258 e. The van der Waals surface area contributed by atoms with Gasteiger partial charge in [0.25, 0.3) is 5.69 Å². The van der Waals surface area contributed by atoms with E-state index in [1.807, 2.05) is 36.4 Å². The first-order chi connectivity index (χ1) is 12.6. The number of nitro groups is 1. The fourth-order valence-electron chi connectivity index (χ4n) is 3.00. The zero-order chi connectivity index (χ0) is 18.1. The van der Waals surface area contributed by atoms with Gasteiger partial charge in [0.15, 0.2) is 0 Å². The lowest BCUT2D eigenvalue weighted by Gasteiger charge is -1.99. The quantitative estimate of drug-likeness (QED) is 0.289. The maximum Gasteiger partial charge on any atom is 0.288 e. The second-order valence-electron chi connectivity index (χ2n) is 5.75. The molecule has 0 bridgehead atoms. The average Bonchev–Trinajstić information content (AvgIpc) is 2.97. The summed E-state index contributed by atoms with van der Waals surface area (Å²) >= 11 is 5.83. The summed E-state index contributed by atoms with van der Waals surface area (Å²) in [4.78, 5) is 10.5. The van der Waals surface area contributed by atoms with Crippen molar-refractivity contribution in [3.05, 3.63) is 98.6 Å². The summed E-state index contributed by atoms with van der Waals surface area (Å²) in [7, 11) is 0. The van der Waals surface area contributed by atoms with Crippen LogP contribution in [0.1, 0.15) is 16.7 Å². The van der Waals surface area contributed by atoms with Crippen LogP contribution in [0.2, 0.25) is 5.02 Å². The van der Waals surface area contributed by atoms with Gasteiger partial charge in [-0.15, -0.1) is 5.10 Å². The van der Waals surface area contributed by atoms with Gasteiger partial charge in [0.2, 0.25) is 0 Å². The Kier molecular flexibility index (Phi) is 4.07. The molecule has 0 spiro atoms. The van der Waals surface area contributed by atoms with Gasteiger partial charge in [-0.3, -0.25) is 10.1 Å². The van der Waals surface area contributed by atoms with Gasteiger partial charge in [0.05, 0.1) is 11.1 Å². The van der Waals surface area contributed by atoms with Crippen LogP contribution in [0.5, 0.6) is 0 Å². The zero-order valence-electron chi connectivity index (χ0n) is 13.5. The first-order valence-electron chi connectivity index (χ1n) is 7.89. The molecule has 0 heterocycles. The van der Waals surface area contributed by atoms with Gasteiger partial charge in [-0.1, -0.05) is 66.2 Å². The Morgan fingerprint density at radius 2 is 1.46 bits per heavy atom. The first-order valence-corrected chi connectivity index (χ1v) is 8.27. The minimum atomic E-state index is -0.519. The molecule has 0 fully saturated rings. The van der Waals surface area contributed by atoms with Crippen molar-refractivity contribution in [3.63, 3.8) is 0 Å². The predicted octanol–water partition coefficient (Wildman–Crippen LogP) is 5.10. The molecular weight excluding hydrogens is 350 g/mol. The molecule has 6 heteroatoms. The number of halogens is 1. The van der Waals surface area contributed by atoms with Gasteiger partial charge >= 0.3 is 0 Å². The van der Waals surface area contributed by atoms with Crippen LogP contribution in [0.3, 0.4) is 0 Å². The summed E-state index contributed by atoms with van der Waals surface area (Å²) in [6.45, 7) is 0. The largest absolute Gasteiger partial charge is 0.288 e. The molecular formula is C20H12ClN3O2. The van der Waals surface area contributed by atoms with E-state index in [1.54, 1.807) is 6.07 Å². The van der Waals surface area contributed by atoms with E-state index >= 15 is 0 Å². The number of nitro benzene ring substituents is 1. The molecule has 26 heavy (non-hydrogen) atoms. The summed E-state index contributed by atoms with van der Waals surface area (Å²) in [5.74, 6) is 0. The highest BCUT2D eigenvalue weighted by Crippen LogP contribution is 2.36. The molecule has 0 saturated heterocycles. The molecule has 1 aliphatic rings. The second-order valence-corrected chi connectivity index (χ2v) is 6.16. The second kappa shape index (κ2) is 6.54. The lowest BCUT2D eigenvalue weighted by atomic mass is 10.1. The van der Waals surface area contributed by atoms with Crippen LogP contribution in [0.4, 0.5) is 5.69 Å². The van der Waals surface area contributed by atoms with Gasteiger partial charge in [-0.2, -0.15) is 5.10 Å². The van der Waals surface area contributed by atoms with Crippen LogP contribution >= 0.6 is 11.6 Å². The highest BCUT2D eigenvalue weighted by atomic mass is 35.5. The fourth-order valence-corrected chi connectivity index (χ4v) is 3.19. The molecule has 0 aliphatic heterocycles. The number of benzene rings is 3. The van der Waals surface area contributed by atoms with Crippen molar-refractivity contribution in [1.82, 2.24) is 0 Å². The molecule has 0 amide bonds. The lowest BCUT2D eigenvalue weighted by Crippen LogP contribution is -1.97. The molecule has 5 nitrogen and oxygen atoms in total. The maximum atomic E-state index is 11.0. The molecule has 0 N–H and O–H groups in total. The van der Waals surface area contributed by atoms with Crippen molar-refractivity contribution in [2.24, 2.45) is 10.2 Å². The van der Waals surface area contributed by atoms with E-state index in [-0.39, 0.29) is 10.7 Å². The standard InChI is InChI=1S/C20H12ClN3O2/c21-18-10-9-13(11-19(18)24(25)26)12-22-23-20-16-7-3-1-5-14(16)15-6-2-4-8-17(15)20/h1-12H/b22-12-. The summed E-state index contributed by atoms with van der Waals surface area (Å²) in [5, 5.41) is 19.6. The minimum Gasteiger partial charge on any atom is -0.258 e. The third-order valence-electron chi connectivity index (χ3n) is 4.19. The highest BCUT2D eigenvalue weighted by molar-refractivity contribution is 6.32. The van der Waals surface area contributed by atoms with E-state index in [4.69, 9.17) is 11.6 Å². The molecule has 3 aromatic rings. The van der Waals surface area contributed by atoms with E-state index in [1.165, 1.54) is 18.3 Å². The SMILES string of the molecule is O=[N+]([O-])c1cc(/C=N\N=C2c3ccccc3-c3ccccc32)ccc1Cl. The summed E-state index contributed by atoms with van der Waals surface area (Å²) in [5.41, 5.74) is 5.49. The number of fused-ring (bicyclic) bond motifs is 3. The molecule has 0 aromatic heterocycles. The van der Waals surface area contributed by atoms with Crippen molar-refractivity contribution < 1.29 is 4.92 Å². The van der Waals surface area contributed by atoms with Gasteiger partial charge in [0, 0.05) is 22.8 Å². The van der Waals surface area contributed by atoms with E-state index in [2.05, 4.69) is 22.3 Å². The number of hydrogen-bond acceptors (Lipinski definition) is 4. The maximum absolute atomic E-state index is 11.0. The summed E-state index contributed by atoms with van der Waals surface area (Å²) in [6, 6.07) is 20.6. The van der Waals surface area contributed by atoms with Crippen LogP contribution < -0.4 is 0 Å². The van der Waals surface area contributed by atoms with Gasteiger partial charge < -0.3 is 0 Å². The fraction of sp³-hybridized carbons (Fsp3) is 0. The number of hydrogen-bond donors (Lipinski definition) is 0. The normalized spacial score (nSPS) is 12.1. The Morgan fingerprint density at radius 3 is 2.04 bits per heavy atom. The average molecular weight is 362 g/mol. The van der Waals surface area contributed by atoms with Crippen LogP contribution in [-0.4, -0.2) is 16.8 Å². The predicted molar refractivity (Wildman–Crippen MR) is 103 cm³/mol. The molecule has 4 rings (SSSR count). The number of nitrogens with zero attached hydrogens (tertiary/aromatic N) is 3. The molecule has 126 valence electrons. The van der Waals surface area contributed by atoms with Gasteiger partial charge in [0.1, 0.15) is 10.7 Å². The van der Waals surface area contributed by atoms with Crippen LogP contribution in [0, 0.1) is 10.1 Å². The van der Waals surface area contributed by atoms with Crippen molar-refractivity contribution in [2.75, 3.05) is 0 Å². The molecule has 1 aliphatic carbocycles. The van der Waals surface area contributed by atoms with E-state index in [0.717, 1.165) is 28.0 Å². The monoisotopic (exact) mass is 361 g/mol. The Hall–Kier alpha value is -3.31. The summed E-state index contributed by atoms with van der Waals surface area (Å²) < 4.78 is 0. The van der Waals surface area contributed by atoms with Crippen LogP contribution in [0.15, 0.2) is 76.9 Å². The Labute approximate surface area is 154 Å². The molecule has 3 aromatic carbocycles. The van der Waals surface area contributed by atoms with Crippen molar-refractivity contribution >= 4 is 29.2 Å². The van der Waals surface area contributed by atoms with Gasteiger partial charge in [-0.05, 0) is 17.2 Å². The molecule has 0 saturated carbocycles. The van der Waals surface area contributed by atoms with E-state index in [0.29, 0.717) is 5.56 Å². The third-order valence-corrected chi connectivity index (χ3v) is 4.51. The van der Waals surface area contributed by atoms with E-state index in [9.17, 15) is 10.1 Å². The van der Waals surface area contributed by atoms with Crippen LogP contribution in [-0.2, 0) is 0 Å². The zero-order valence-corrected chi connectivity index (χ0v) is 14.2. The van der Waals surface area contributed by atoms with Crippen molar-refractivity contribution in [3.8, 4) is 11.1 Å². The molecule has 0 radical (unpaired) electrons. The minimum absolute atomic E-state index is 0.0945. The Bertz CT molecular complexity index is 1040. The first kappa shape index (κ1) is 16.2. The number of rotatable bonds is 3. The van der Waals surface area contributed by atoms with E-state index < -0.39 is 4.92 Å². The van der Waals surface area contributed by atoms with Crippen LogP contribution in [0.25, 0.3) is 11.1 Å². The molecule has 0 atom stereocenters. The highest BCUT2D eigenvalue weighted by Gasteiger charge is 2.23. The van der Waals surface area contributed by atoms with Crippen molar-refractivity contribution in [2.45, 2.75) is 0 Å². The lowest BCUT2D eigenvalue weighted by molar-refractivity contribution is -0.384. The summed E-state index contributed by atoms with van der Waals surface area (Å²) in [6.07, 6.45) is 1.49. The topological polar surface area (TPSA) is 67.9 Å².